The van der Waals surface area contributed by atoms with E-state index in [-0.39, 0.29) is 27.6 Å². The molecule has 0 saturated heterocycles. The zero-order valence-electron chi connectivity index (χ0n) is 28.0. The van der Waals surface area contributed by atoms with Crippen LogP contribution >= 0.6 is 0 Å². The summed E-state index contributed by atoms with van der Waals surface area (Å²) in [5.41, 5.74) is 2.68. The van der Waals surface area contributed by atoms with Crippen LogP contribution in [0.4, 0.5) is 0 Å². The van der Waals surface area contributed by atoms with Gasteiger partial charge in [-0.1, -0.05) is 65.0 Å². The number of esters is 1. The number of benzene rings is 1. The number of allylic oxidation sites excluding steroid dienone is 2. The van der Waals surface area contributed by atoms with Gasteiger partial charge in [-0.15, -0.1) is 0 Å². The van der Waals surface area contributed by atoms with Crippen LogP contribution in [0.3, 0.4) is 0 Å². The van der Waals surface area contributed by atoms with Gasteiger partial charge in [0.05, 0.1) is 19.6 Å². The Labute approximate surface area is 260 Å². The van der Waals surface area contributed by atoms with Crippen LogP contribution in [-0.4, -0.2) is 26.0 Å². The lowest BCUT2D eigenvalue weighted by Gasteiger charge is -2.72. The van der Waals surface area contributed by atoms with E-state index in [9.17, 15) is 9.59 Å². The molecule has 6 rings (SSSR count). The van der Waals surface area contributed by atoms with E-state index < -0.39 is 5.41 Å². The zero-order chi connectivity index (χ0) is 31.2. The molecule has 4 nitrogen and oxygen atoms in total. The first kappa shape index (κ1) is 30.7. The van der Waals surface area contributed by atoms with Crippen LogP contribution in [0.15, 0.2) is 42.0 Å². The lowest BCUT2D eigenvalue weighted by Crippen LogP contribution is -2.67. The standard InChI is InChI=1S/C39H54O4/c1-24(2)27-16-19-39(34(41)43-9)21-20-37(6)28(32(27)39)14-15-31-36(5)23-26(22-25-12-10-11-13-29(25)42-8)33(40)35(3,4)30(36)17-18-38(31,37)7/h10-13,22,27-28,30-32H,1,14-21,23H2,2-9H3/b26-22+/t27-,28+,30+,31+,32+,36-,37+,38+,39-/m0/s1. The van der Waals surface area contributed by atoms with Gasteiger partial charge in [0, 0.05) is 11.0 Å². The van der Waals surface area contributed by atoms with E-state index in [0.717, 1.165) is 74.7 Å². The van der Waals surface area contributed by atoms with Crippen LogP contribution < -0.4 is 4.74 Å². The van der Waals surface area contributed by atoms with Crippen molar-refractivity contribution in [3.63, 3.8) is 0 Å². The molecule has 0 aliphatic heterocycles. The predicted octanol–water partition coefficient (Wildman–Crippen LogP) is 9.09. The highest BCUT2D eigenvalue weighted by molar-refractivity contribution is 6.04. The van der Waals surface area contributed by atoms with E-state index in [2.05, 4.69) is 60.3 Å². The second-order valence-electron chi connectivity index (χ2n) is 16.5. The number of ether oxygens (including phenoxy) is 2. The lowest BCUT2D eigenvalue weighted by molar-refractivity contribution is -0.232. The monoisotopic (exact) mass is 586 g/mol. The summed E-state index contributed by atoms with van der Waals surface area (Å²) in [6, 6.07) is 8.05. The molecule has 1 aromatic rings. The number of carbonyl (C=O) groups is 2. The molecule has 5 saturated carbocycles. The van der Waals surface area contributed by atoms with Gasteiger partial charge in [0.25, 0.3) is 0 Å². The van der Waals surface area contributed by atoms with Crippen LogP contribution in [0.2, 0.25) is 0 Å². The van der Waals surface area contributed by atoms with E-state index in [1.807, 2.05) is 18.2 Å². The number of hydrogen-bond donors (Lipinski definition) is 0. The second kappa shape index (κ2) is 10.1. The van der Waals surface area contributed by atoms with Crippen LogP contribution in [0.25, 0.3) is 6.08 Å². The lowest BCUT2D eigenvalue weighted by atomic mass is 9.32. The maximum Gasteiger partial charge on any atom is 0.312 e. The van der Waals surface area contributed by atoms with Crippen molar-refractivity contribution < 1.29 is 19.1 Å². The summed E-state index contributed by atoms with van der Waals surface area (Å²) in [7, 11) is 3.29. The smallest absolute Gasteiger partial charge is 0.312 e. The minimum atomic E-state index is -0.414. The van der Waals surface area contributed by atoms with E-state index in [4.69, 9.17) is 9.47 Å². The van der Waals surface area contributed by atoms with E-state index in [0.29, 0.717) is 35.4 Å². The van der Waals surface area contributed by atoms with Crippen LogP contribution in [-0.2, 0) is 14.3 Å². The summed E-state index contributed by atoms with van der Waals surface area (Å²) in [5, 5.41) is 0. The summed E-state index contributed by atoms with van der Waals surface area (Å²) in [5.74, 6) is 3.19. The number of hydrogen-bond acceptors (Lipinski definition) is 4. The Kier molecular flexibility index (Phi) is 7.18. The summed E-state index contributed by atoms with van der Waals surface area (Å²) < 4.78 is 11.2. The molecule has 5 fully saturated rings. The van der Waals surface area contributed by atoms with E-state index in [1.54, 1.807) is 14.2 Å². The molecule has 0 unspecified atom stereocenters. The fourth-order valence-electron chi connectivity index (χ4n) is 12.7. The van der Waals surface area contributed by atoms with Gasteiger partial charge in [-0.25, -0.2) is 0 Å². The molecule has 0 radical (unpaired) electrons. The van der Waals surface area contributed by atoms with Crippen molar-refractivity contribution in [1.82, 2.24) is 0 Å². The molecule has 0 bridgehead atoms. The van der Waals surface area contributed by atoms with Gasteiger partial charge in [0.1, 0.15) is 5.75 Å². The van der Waals surface area contributed by atoms with Gasteiger partial charge in [-0.2, -0.15) is 0 Å². The van der Waals surface area contributed by atoms with Crippen molar-refractivity contribution in [2.75, 3.05) is 14.2 Å². The van der Waals surface area contributed by atoms with Gasteiger partial charge >= 0.3 is 5.97 Å². The highest BCUT2D eigenvalue weighted by Crippen LogP contribution is 2.77. The fourth-order valence-corrected chi connectivity index (χ4v) is 12.7. The number of Topliss-reactive ketones (excluding diaryl/α,β-unsaturated/α-hetero) is 1. The first-order valence-corrected chi connectivity index (χ1v) is 16.8. The van der Waals surface area contributed by atoms with Gasteiger partial charge in [0.2, 0.25) is 0 Å². The maximum absolute atomic E-state index is 14.2. The molecule has 0 N–H and O–H groups in total. The van der Waals surface area contributed by atoms with E-state index in [1.165, 1.54) is 5.57 Å². The molecule has 5 aliphatic carbocycles. The van der Waals surface area contributed by atoms with Crippen molar-refractivity contribution >= 4 is 17.8 Å². The number of rotatable bonds is 4. The molecular weight excluding hydrogens is 532 g/mol. The number of methoxy groups -OCH3 is 2. The van der Waals surface area contributed by atoms with Crippen LogP contribution in [0.1, 0.15) is 105 Å². The average Bonchev–Trinajstić information content (AvgIpc) is 3.37. The molecule has 0 aromatic heterocycles. The first-order chi connectivity index (χ1) is 20.2. The second-order valence-corrected chi connectivity index (χ2v) is 16.5. The molecule has 5 aliphatic rings. The first-order valence-electron chi connectivity index (χ1n) is 16.8. The van der Waals surface area contributed by atoms with Crippen molar-refractivity contribution in [3.05, 3.63) is 47.6 Å². The molecule has 0 heterocycles. The maximum atomic E-state index is 14.2. The molecule has 234 valence electrons. The van der Waals surface area contributed by atoms with Gasteiger partial charge in [0.15, 0.2) is 5.78 Å². The van der Waals surface area contributed by atoms with E-state index >= 15 is 0 Å². The molecule has 0 spiro atoms. The van der Waals surface area contributed by atoms with Crippen molar-refractivity contribution in [2.24, 2.45) is 56.7 Å². The minimum absolute atomic E-state index is 0.0184. The summed E-state index contributed by atoms with van der Waals surface area (Å²) in [6.45, 7) is 18.8. The summed E-state index contributed by atoms with van der Waals surface area (Å²) >= 11 is 0. The third kappa shape index (κ3) is 3.99. The molecular formula is C39H54O4. The molecule has 9 atom stereocenters. The van der Waals surface area contributed by atoms with Crippen molar-refractivity contribution in [1.29, 1.82) is 0 Å². The zero-order valence-corrected chi connectivity index (χ0v) is 28.0. The van der Waals surface area contributed by atoms with Crippen LogP contribution in [0, 0.1) is 56.7 Å². The summed E-state index contributed by atoms with van der Waals surface area (Å²) in [4.78, 5) is 27.7. The predicted molar refractivity (Wildman–Crippen MR) is 172 cm³/mol. The van der Waals surface area contributed by atoms with Gasteiger partial charge in [-0.05, 0) is 128 Å². The Hall–Kier alpha value is -2.36. The summed E-state index contributed by atoms with van der Waals surface area (Å²) in [6.07, 6.45) is 11.5. The number of ketones is 1. The SMILES string of the molecule is C=C(C)[C@@H]1CC[C@]2(C(=O)OC)CC[C@]3(C)[C@H](CC[C@@H]4[C@@]5(C)C/C(=C\c6ccccc6OC)C(=O)C(C)(C)[C@H]5CC[C@]43C)[C@@H]12. The molecule has 1 aromatic carbocycles. The quantitative estimate of drug-likeness (QED) is 0.201. The highest BCUT2D eigenvalue weighted by Gasteiger charge is 2.72. The fraction of sp³-hybridized carbons (Fsp3) is 0.692. The Balaban J connectivity index is 1.42. The van der Waals surface area contributed by atoms with Gasteiger partial charge in [-0.3, -0.25) is 9.59 Å². The molecule has 4 heteroatoms. The normalized spacial score (nSPS) is 44.0. The highest BCUT2D eigenvalue weighted by atomic mass is 16.5. The Bertz CT molecular complexity index is 1370. The molecule has 43 heavy (non-hydrogen) atoms. The topological polar surface area (TPSA) is 52.6 Å². The Morgan fingerprint density at radius 3 is 2.30 bits per heavy atom. The number of carbonyl (C=O) groups excluding carboxylic acids is 2. The number of fused-ring (bicyclic) bond motifs is 7. The third-order valence-corrected chi connectivity index (χ3v) is 14.7. The molecule has 0 amide bonds. The average molecular weight is 587 g/mol. The number of para-hydroxylation sites is 1. The third-order valence-electron chi connectivity index (χ3n) is 14.7. The minimum Gasteiger partial charge on any atom is -0.496 e. The largest absolute Gasteiger partial charge is 0.496 e. The van der Waals surface area contributed by atoms with Crippen LogP contribution in [0.5, 0.6) is 5.75 Å². The van der Waals surface area contributed by atoms with Crippen molar-refractivity contribution in [2.45, 2.75) is 99.3 Å². The Morgan fingerprint density at radius 2 is 1.63 bits per heavy atom. The Morgan fingerprint density at radius 1 is 0.907 bits per heavy atom. The van der Waals surface area contributed by atoms with Gasteiger partial charge < -0.3 is 9.47 Å². The van der Waals surface area contributed by atoms with Crippen molar-refractivity contribution in [3.8, 4) is 5.75 Å².